The number of thioether (sulfide) groups is 1. The molecule has 1 aromatic rings. The Morgan fingerprint density at radius 3 is 2.54 bits per heavy atom. The topological polar surface area (TPSA) is 23.8 Å². The van der Waals surface area contributed by atoms with Crippen molar-refractivity contribution in [2.75, 3.05) is 0 Å². The van der Waals surface area contributed by atoms with Crippen molar-refractivity contribution < 1.29 is 0 Å². The largest absolute Gasteiger partial charge is 0.197 e. The van der Waals surface area contributed by atoms with Crippen molar-refractivity contribution in [3.05, 3.63) is 29.3 Å². The molecule has 0 aromatic heterocycles. The highest BCUT2D eigenvalue weighted by atomic mass is 32.2. The zero-order chi connectivity index (χ0) is 9.84. The molecule has 13 heavy (non-hydrogen) atoms. The first kappa shape index (κ1) is 10.1. The van der Waals surface area contributed by atoms with Gasteiger partial charge in [-0.3, -0.25) is 0 Å². The van der Waals surface area contributed by atoms with Crippen LogP contribution in [-0.4, -0.2) is 5.25 Å². The Morgan fingerprint density at radius 1 is 1.31 bits per heavy atom. The van der Waals surface area contributed by atoms with Crippen LogP contribution in [-0.2, 0) is 0 Å². The summed E-state index contributed by atoms with van der Waals surface area (Å²) in [6, 6.07) is 8.51. The van der Waals surface area contributed by atoms with Crippen LogP contribution < -0.4 is 0 Å². The highest BCUT2D eigenvalue weighted by Gasteiger charge is 2.02. The Hall–Kier alpha value is -0.940. The smallest absolute Gasteiger partial charge is 0.0935 e. The summed E-state index contributed by atoms with van der Waals surface area (Å²) >= 11 is 1.61. The average Bonchev–Trinajstić information content (AvgIpc) is 2.11. The Morgan fingerprint density at radius 2 is 2.00 bits per heavy atom. The molecule has 0 bridgehead atoms. The molecule has 0 N–H and O–H groups in total. The summed E-state index contributed by atoms with van der Waals surface area (Å²) in [7, 11) is 0. The maximum atomic E-state index is 8.65. The van der Waals surface area contributed by atoms with Crippen molar-refractivity contribution in [2.45, 2.75) is 30.9 Å². The van der Waals surface area contributed by atoms with Gasteiger partial charge in [0.15, 0.2) is 0 Å². The fraction of sp³-hybridized carbons (Fsp3) is 0.364. The number of hydrogen-bond donors (Lipinski definition) is 0. The third-order valence-electron chi connectivity index (χ3n) is 1.97. The number of aryl methyl sites for hydroxylation is 2. The molecule has 0 amide bonds. The first-order chi connectivity index (χ1) is 6.13. The Bertz CT molecular complexity index is 338. The van der Waals surface area contributed by atoms with E-state index in [0.717, 1.165) is 0 Å². The molecular weight excluding hydrogens is 178 g/mol. The molecule has 1 aromatic carbocycles. The third-order valence-corrected chi connectivity index (χ3v) is 2.96. The maximum Gasteiger partial charge on any atom is 0.0935 e. The van der Waals surface area contributed by atoms with Gasteiger partial charge in [-0.05, 0) is 44.0 Å². The summed E-state index contributed by atoms with van der Waals surface area (Å²) in [5.74, 6) is 0. The molecule has 1 unspecified atom stereocenters. The summed E-state index contributed by atoms with van der Waals surface area (Å²) < 4.78 is 0. The normalized spacial score (nSPS) is 12.2. The lowest BCUT2D eigenvalue weighted by molar-refractivity contribution is 1.22. The van der Waals surface area contributed by atoms with Crippen molar-refractivity contribution in [3.8, 4) is 6.07 Å². The SMILES string of the molecule is Cc1ccc(SC(C)C#N)cc1C. The van der Waals surface area contributed by atoms with Gasteiger partial charge in [-0.25, -0.2) is 0 Å². The van der Waals surface area contributed by atoms with Gasteiger partial charge >= 0.3 is 0 Å². The molecule has 1 nitrogen and oxygen atoms in total. The fourth-order valence-electron chi connectivity index (χ4n) is 1.02. The fourth-order valence-corrected chi connectivity index (χ4v) is 1.87. The average molecular weight is 191 g/mol. The van der Waals surface area contributed by atoms with E-state index in [-0.39, 0.29) is 5.25 Å². The van der Waals surface area contributed by atoms with Crippen LogP contribution in [0.5, 0.6) is 0 Å². The van der Waals surface area contributed by atoms with Gasteiger partial charge in [-0.15, -0.1) is 11.8 Å². The predicted molar refractivity (Wildman–Crippen MR) is 56.8 cm³/mol. The molecule has 0 saturated heterocycles. The summed E-state index contributed by atoms with van der Waals surface area (Å²) in [5.41, 5.74) is 2.59. The highest BCUT2D eigenvalue weighted by Crippen LogP contribution is 2.24. The van der Waals surface area contributed by atoms with E-state index in [2.05, 4.69) is 38.1 Å². The standard InChI is InChI=1S/C11H13NS/c1-8-4-5-11(6-9(8)2)13-10(3)7-12/h4-6,10H,1-3H3. The first-order valence-electron chi connectivity index (χ1n) is 4.27. The summed E-state index contributed by atoms with van der Waals surface area (Å²) in [6.07, 6.45) is 0. The highest BCUT2D eigenvalue weighted by molar-refractivity contribution is 8.00. The van der Waals surface area contributed by atoms with Crippen LogP contribution in [0.3, 0.4) is 0 Å². The van der Waals surface area contributed by atoms with Gasteiger partial charge in [0.2, 0.25) is 0 Å². The van der Waals surface area contributed by atoms with Gasteiger partial charge in [0.1, 0.15) is 0 Å². The second-order valence-corrected chi connectivity index (χ2v) is 4.55. The minimum absolute atomic E-state index is 0.0297. The number of benzene rings is 1. The van der Waals surface area contributed by atoms with E-state index < -0.39 is 0 Å². The van der Waals surface area contributed by atoms with Crippen molar-refractivity contribution in [2.24, 2.45) is 0 Å². The lowest BCUT2D eigenvalue weighted by atomic mass is 10.1. The van der Waals surface area contributed by atoms with Gasteiger partial charge in [0.25, 0.3) is 0 Å². The molecular formula is C11H13NS. The Labute approximate surface area is 83.8 Å². The number of nitriles is 1. The van der Waals surface area contributed by atoms with Crippen LogP contribution >= 0.6 is 11.8 Å². The van der Waals surface area contributed by atoms with Gasteiger partial charge in [0.05, 0.1) is 11.3 Å². The van der Waals surface area contributed by atoms with Crippen LogP contribution in [0.25, 0.3) is 0 Å². The van der Waals surface area contributed by atoms with Crippen molar-refractivity contribution in [1.29, 1.82) is 5.26 Å². The molecule has 0 radical (unpaired) electrons. The van der Waals surface area contributed by atoms with Crippen LogP contribution in [0, 0.1) is 25.2 Å². The Kier molecular flexibility index (Phi) is 3.39. The molecule has 1 atom stereocenters. The number of nitrogens with zero attached hydrogens (tertiary/aromatic N) is 1. The monoisotopic (exact) mass is 191 g/mol. The van der Waals surface area contributed by atoms with Gasteiger partial charge in [-0.1, -0.05) is 6.07 Å². The summed E-state index contributed by atoms with van der Waals surface area (Å²) in [5, 5.41) is 8.68. The lowest BCUT2D eigenvalue weighted by Gasteiger charge is -2.05. The van der Waals surface area contributed by atoms with E-state index in [0.29, 0.717) is 0 Å². The minimum Gasteiger partial charge on any atom is -0.197 e. The quantitative estimate of drug-likeness (QED) is 0.670. The van der Waals surface area contributed by atoms with Gasteiger partial charge in [0, 0.05) is 4.90 Å². The van der Waals surface area contributed by atoms with E-state index >= 15 is 0 Å². The molecule has 0 heterocycles. The molecule has 0 aliphatic rings. The zero-order valence-electron chi connectivity index (χ0n) is 8.16. The molecule has 1 rings (SSSR count). The minimum atomic E-state index is 0.0297. The molecule has 0 saturated carbocycles. The lowest BCUT2D eigenvalue weighted by Crippen LogP contribution is -1.90. The maximum absolute atomic E-state index is 8.65. The summed E-state index contributed by atoms with van der Waals surface area (Å²) in [4.78, 5) is 1.18. The van der Waals surface area contributed by atoms with Crippen molar-refractivity contribution >= 4 is 11.8 Å². The van der Waals surface area contributed by atoms with Crippen LogP contribution in [0.15, 0.2) is 23.1 Å². The van der Waals surface area contributed by atoms with Crippen LogP contribution in [0.4, 0.5) is 0 Å². The zero-order valence-corrected chi connectivity index (χ0v) is 8.98. The molecule has 2 heteroatoms. The van der Waals surface area contributed by atoms with Gasteiger partial charge < -0.3 is 0 Å². The van der Waals surface area contributed by atoms with Crippen molar-refractivity contribution in [1.82, 2.24) is 0 Å². The van der Waals surface area contributed by atoms with Crippen molar-refractivity contribution in [3.63, 3.8) is 0 Å². The Balaban J connectivity index is 2.81. The van der Waals surface area contributed by atoms with E-state index in [9.17, 15) is 0 Å². The molecule has 0 aliphatic heterocycles. The molecule has 0 fully saturated rings. The molecule has 0 spiro atoms. The van der Waals surface area contributed by atoms with Crippen LogP contribution in [0.1, 0.15) is 18.1 Å². The number of rotatable bonds is 2. The van der Waals surface area contributed by atoms with E-state index in [1.165, 1.54) is 16.0 Å². The van der Waals surface area contributed by atoms with E-state index in [1.54, 1.807) is 11.8 Å². The predicted octanol–water partition coefficient (Wildman–Crippen LogP) is 3.31. The van der Waals surface area contributed by atoms with E-state index in [1.807, 2.05) is 6.92 Å². The first-order valence-corrected chi connectivity index (χ1v) is 5.15. The number of hydrogen-bond acceptors (Lipinski definition) is 2. The van der Waals surface area contributed by atoms with Gasteiger partial charge in [-0.2, -0.15) is 5.26 Å². The third kappa shape index (κ3) is 2.78. The summed E-state index contributed by atoms with van der Waals surface area (Å²) in [6.45, 7) is 6.10. The molecule has 0 aliphatic carbocycles. The second-order valence-electron chi connectivity index (χ2n) is 3.14. The van der Waals surface area contributed by atoms with Crippen LogP contribution in [0.2, 0.25) is 0 Å². The molecule has 68 valence electrons. The second kappa shape index (κ2) is 4.34. The van der Waals surface area contributed by atoms with E-state index in [4.69, 9.17) is 5.26 Å².